The Balaban J connectivity index is 2.99. The van der Waals surface area contributed by atoms with Crippen LogP contribution in [-0.2, 0) is 0 Å². The summed E-state index contributed by atoms with van der Waals surface area (Å²) in [6, 6.07) is -0.226. The highest BCUT2D eigenvalue weighted by molar-refractivity contribution is 6.28. The topological polar surface area (TPSA) is 49.2 Å². The van der Waals surface area contributed by atoms with Crippen molar-refractivity contribution in [2.24, 2.45) is 0 Å². The largest absolute Gasteiger partial charge is 0.394 e. The minimum absolute atomic E-state index is 0.0154. The number of rotatable bonds is 3. The molecule has 0 aliphatic heterocycles. The second kappa shape index (κ2) is 4.52. The zero-order valence-corrected chi connectivity index (χ0v) is 8.66. The van der Waals surface area contributed by atoms with Crippen LogP contribution in [0.15, 0.2) is 6.20 Å². The van der Waals surface area contributed by atoms with Crippen molar-refractivity contribution >= 4 is 17.4 Å². The first-order valence-corrected chi connectivity index (χ1v) is 4.45. The maximum Gasteiger partial charge on any atom is 0.224 e. The van der Waals surface area contributed by atoms with Crippen molar-refractivity contribution in [2.75, 3.05) is 18.6 Å². The van der Waals surface area contributed by atoms with Crippen LogP contribution in [0.3, 0.4) is 0 Å². The summed E-state index contributed by atoms with van der Waals surface area (Å²) in [6.07, 6.45) is 1.01. The van der Waals surface area contributed by atoms with Gasteiger partial charge in [0.2, 0.25) is 5.28 Å². The molecule has 4 nitrogen and oxygen atoms in total. The Morgan fingerprint density at radius 1 is 1.71 bits per heavy atom. The fourth-order valence-electron chi connectivity index (χ4n) is 0.916. The van der Waals surface area contributed by atoms with E-state index < -0.39 is 5.82 Å². The molecule has 0 aliphatic rings. The van der Waals surface area contributed by atoms with E-state index in [-0.39, 0.29) is 23.8 Å². The van der Waals surface area contributed by atoms with Gasteiger partial charge in [0.05, 0.1) is 18.8 Å². The van der Waals surface area contributed by atoms with Crippen LogP contribution >= 0.6 is 11.6 Å². The van der Waals surface area contributed by atoms with E-state index in [1.54, 1.807) is 14.0 Å². The van der Waals surface area contributed by atoms with E-state index in [4.69, 9.17) is 16.7 Å². The summed E-state index contributed by atoms with van der Waals surface area (Å²) in [4.78, 5) is 8.74. The van der Waals surface area contributed by atoms with Crippen LogP contribution in [0.25, 0.3) is 0 Å². The number of anilines is 1. The molecule has 1 rings (SSSR count). The van der Waals surface area contributed by atoms with Gasteiger partial charge in [-0.15, -0.1) is 0 Å². The number of hydrogen-bond acceptors (Lipinski definition) is 4. The van der Waals surface area contributed by atoms with E-state index in [9.17, 15) is 4.39 Å². The highest BCUT2D eigenvalue weighted by Crippen LogP contribution is 2.17. The van der Waals surface area contributed by atoms with Gasteiger partial charge in [0.15, 0.2) is 11.6 Å². The lowest BCUT2D eigenvalue weighted by Crippen LogP contribution is -2.33. The Morgan fingerprint density at radius 2 is 2.36 bits per heavy atom. The van der Waals surface area contributed by atoms with Crippen LogP contribution in [-0.4, -0.2) is 34.8 Å². The average Bonchev–Trinajstić information content (AvgIpc) is 2.19. The van der Waals surface area contributed by atoms with Gasteiger partial charge in [-0.2, -0.15) is 4.98 Å². The zero-order valence-electron chi connectivity index (χ0n) is 7.91. The lowest BCUT2D eigenvalue weighted by molar-refractivity contribution is 0.269. The Hall–Kier alpha value is -0.940. The molecule has 1 heterocycles. The first kappa shape index (κ1) is 11.1. The number of aromatic nitrogens is 2. The molecule has 0 aliphatic carbocycles. The van der Waals surface area contributed by atoms with Gasteiger partial charge in [-0.25, -0.2) is 9.37 Å². The summed E-state index contributed by atoms with van der Waals surface area (Å²) in [5.74, 6) is -0.469. The summed E-state index contributed by atoms with van der Waals surface area (Å²) >= 11 is 5.53. The maximum atomic E-state index is 13.2. The SMILES string of the molecule is CC(CO)N(C)c1nc(Cl)ncc1F. The van der Waals surface area contributed by atoms with Crippen molar-refractivity contribution in [1.29, 1.82) is 0 Å². The number of nitrogens with zero attached hydrogens (tertiary/aromatic N) is 3. The van der Waals surface area contributed by atoms with Crippen LogP contribution in [0.1, 0.15) is 6.92 Å². The Labute approximate surface area is 86.4 Å². The van der Waals surface area contributed by atoms with Crippen LogP contribution in [0.4, 0.5) is 10.2 Å². The van der Waals surface area contributed by atoms with Crippen LogP contribution < -0.4 is 4.90 Å². The molecule has 14 heavy (non-hydrogen) atoms. The summed E-state index contributed by atoms with van der Waals surface area (Å²) < 4.78 is 13.2. The second-order valence-electron chi connectivity index (χ2n) is 2.95. The van der Waals surface area contributed by atoms with Crippen molar-refractivity contribution < 1.29 is 9.50 Å². The molecule has 1 aromatic heterocycles. The van der Waals surface area contributed by atoms with E-state index in [1.165, 1.54) is 4.90 Å². The first-order chi connectivity index (χ1) is 6.56. The van der Waals surface area contributed by atoms with Crippen molar-refractivity contribution in [1.82, 2.24) is 9.97 Å². The quantitative estimate of drug-likeness (QED) is 0.774. The summed E-state index contributed by atoms with van der Waals surface area (Å²) in [7, 11) is 1.63. The van der Waals surface area contributed by atoms with Gasteiger partial charge >= 0.3 is 0 Å². The molecule has 1 aromatic rings. The van der Waals surface area contributed by atoms with Gasteiger partial charge < -0.3 is 10.0 Å². The van der Waals surface area contributed by atoms with Gasteiger partial charge in [-0.1, -0.05) is 0 Å². The Morgan fingerprint density at radius 3 is 2.93 bits per heavy atom. The van der Waals surface area contributed by atoms with Gasteiger partial charge in [0.1, 0.15) is 0 Å². The van der Waals surface area contributed by atoms with E-state index in [0.717, 1.165) is 6.20 Å². The molecule has 0 spiro atoms. The zero-order chi connectivity index (χ0) is 10.7. The number of aliphatic hydroxyl groups excluding tert-OH is 1. The van der Waals surface area contributed by atoms with E-state index in [2.05, 4.69) is 9.97 Å². The molecule has 1 N–H and O–H groups in total. The highest BCUT2D eigenvalue weighted by Gasteiger charge is 2.15. The molecule has 0 fully saturated rings. The molecular formula is C8H11ClFN3O. The molecular weight excluding hydrogens is 209 g/mol. The van der Waals surface area contributed by atoms with Crippen molar-refractivity contribution in [3.05, 3.63) is 17.3 Å². The predicted octanol–water partition coefficient (Wildman–Crippen LogP) is 1.09. The molecule has 0 radical (unpaired) electrons. The van der Waals surface area contributed by atoms with Crippen molar-refractivity contribution in [3.63, 3.8) is 0 Å². The number of hydrogen-bond donors (Lipinski definition) is 1. The third kappa shape index (κ3) is 2.30. The van der Waals surface area contributed by atoms with Gasteiger partial charge in [-0.3, -0.25) is 0 Å². The fourth-order valence-corrected chi connectivity index (χ4v) is 1.04. The third-order valence-electron chi connectivity index (χ3n) is 1.96. The lowest BCUT2D eigenvalue weighted by Gasteiger charge is -2.24. The molecule has 6 heteroatoms. The van der Waals surface area contributed by atoms with E-state index in [0.29, 0.717) is 0 Å². The van der Waals surface area contributed by atoms with Crippen molar-refractivity contribution in [3.8, 4) is 0 Å². The predicted molar refractivity (Wildman–Crippen MR) is 52.0 cm³/mol. The summed E-state index contributed by atoms with van der Waals surface area (Å²) in [6.45, 7) is 1.66. The van der Waals surface area contributed by atoms with Crippen LogP contribution in [0.5, 0.6) is 0 Å². The summed E-state index contributed by atoms with van der Waals surface area (Å²) in [5, 5.41) is 8.87. The molecule has 0 saturated carbocycles. The van der Waals surface area contributed by atoms with Crippen LogP contribution in [0, 0.1) is 5.82 Å². The lowest BCUT2D eigenvalue weighted by atomic mass is 10.3. The molecule has 78 valence electrons. The second-order valence-corrected chi connectivity index (χ2v) is 3.29. The summed E-state index contributed by atoms with van der Waals surface area (Å²) in [5.41, 5.74) is 0. The maximum absolute atomic E-state index is 13.2. The van der Waals surface area contributed by atoms with Gasteiger partial charge in [0.25, 0.3) is 0 Å². The van der Waals surface area contributed by atoms with Gasteiger partial charge in [0, 0.05) is 7.05 Å². The number of aliphatic hydroxyl groups is 1. The normalized spacial score (nSPS) is 12.6. The smallest absolute Gasteiger partial charge is 0.224 e. The minimum Gasteiger partial charge on any atom is -0.394 e. The first-order valence-electron chi connectivity index (χ1n) is 4.08. The highest BCUT2D eigenvalue weighted by atomic mass is 35.5. The molecule has 0 bridgehead atoms. The van der Waals surface area contributed by atoms with Crippen molar-refractivity contribution in [2.45, 2.75) is 13.0 Å². The minimum atomic E-state index is -0.558. The molecule has 1 atom stereocenters. The van der Waals surface area contributed by atoms with Crippen LogP contribution in [0.2, 0.25) is 5.28 Å². The van der Waals surface area contributed by atoms with E-state index >= 15 is 0 Å². The average molecular weight is 220 g/mol. The number of halogens is 2. The molecule has 0 saturated heterocycles. The standard InChI is InChI=1S/C8H11ClFN3O/c1-5(4-14)13(2)7-6(10)3-11-8(9)12-7/h3,5,14H,4H2,1-2H3. The fraction of sp³-hybridized carbons (Fsp3) is 0.500. The molecule has 1 unspecified atom stereocenters. The Bertz CT molecular complexity index is 323. The Kier molecular flexibility index (Phi) is 3.60. The third-order valence-corrected chi connectivity index (χ3v) is 2.14. The van der Waals surface area contributed by atoms with Gasteiger partial charge in [-0.05, 0) is 18.5 Å². The molecule has 0 aromatic carbocycles. The number of likely N-dealkylation sites (N-methyl/N-ethyl adjacent to an activating group) is 1. The molecule has 0 amide bonds. The monoisotopic (exact) mass is 219 g/mol. The van der Waals surface area contributed by atoms with E-state index in [1.807, 2.05) is 0 Å².